The van der Waals surface area contributed by atoms with Crippen molar-refractivity contribution in [2.24, 2.45) is 0 Å². The first-order valence-electron chi connectivity index (χ1n) is 8.85. The minimum absolute atomic E-state index is 0.0479. The molecule has 2 aromatic carbocycles. The molecule has 0 bridgehead atoms. The highest BCUT2D eigenvalue weighted by atomic mass is 16.5. The summed E-state index contributed by atoms with van der Waals surface area (Å²) in [7, 11) is 0. The van der Waals surface area contributed by atoms with E-state index in [9.17, 15) is 4.79 Å². The molecular formula is C21H26N2O2. The van der Waals surface area contributed by atoms with Crippen molar-refractivity contribution in [2.75, 3.05) is 13.1 Å². The van der Waals surface area contributed by atoms with Crippen LogP contribution in [0.4, 0.5) is 0 Å². The van der Waals surface area contributed by atoms with Gasteiger partial charge in [0.1, 0.15) is 11.5 Å². The Labute approximate surface area is 149 Å². The first kappa shape index (κ1) is 17.5. The summed E-state index contributed by atoms with van der Waals surface area (Å²) in [5.41, 5.74) is 1.13. The fourth-order valence-corrected chi connectivity index (χ4v) is 3.55. The van der Waals surface area contributed by atoms with E-state index in [1.807, 2.05) is 42.5 Å². The van der Waals surface area contributed by atoms with E-state index in [1.165, 1.54) is 5.56 Å². The maximum Gasteiger partial charge on any atom is 0.217 e. The Hall–Kier alpha value is -2.33. The standard InChI is InChI=1S/C21H26N2O2/c1-17(24)22-21(2)13-6-14-23(16-21)15-18-9-11-20(12-10-18)25-19-7-4-3-5-8-19/h3-5,7-12H,6,13-16H2,1-2H3,(H,22,24). The lowest BCUT2D eigenvalue weighted by Gasteiger charge is -2.41. The van der Waals surface area contributed by atoms with Gasteiger partial charge in [0.05, 0.1) is 0 Å². The predicted octanol–water partition coefficient (Wildman–Crippen LogP) is 3.97. The zero-order valence-electron chi connectivity index (χ0n) is 15.0. The van der Waals surface area contributed by atoms with E-state index in [1.54, 1.807) is 6.92 Å². The molecule has 1 heterocycles. The summed E-state index contributed by atoms with van der Waals surface area (Å²) < 4.78 is 5.84. The fraction of sp³-hybridized carbons (Fsp3) is 0.381. The summed E-state index contributed by atoms with van der Waals surface area (Å²) in [6, 6.07) is 18.1. The monoisotopic (exact) mass is 338 g/mol. The van der Waals surface area contributed by atoms with Crippen LogP contribution in [0.2, 0.25) is 0 Å². The highest BCUT2D eigenvalue weighted by Crippen LogP contribution is 2.24. The van der Waals surface area contributed by atoms with Gasteiger partial charge in [-0.2, -0.15) is 0 Å². The van der Waals surface area contributed by atoms with Gasteiger partial charge >= 0.3 is 0 Å². The van der Waals surface area contributed by atoms with Gasteiger partial charge in [-0.3, -0.25) is 9.69 Å². The topological polar surface area (TPSA) is 41.6 Å². The average molecular weight is 338 g/mol. The van der Waals surface area contributed by atoms with Crippen LogP contribution in [0, 0.1) is 0 Å². The van der Waals surface area contributed by atoms with E-state index in [0.29, 0.717) is 0 Å². The number of hydrogen-bond donors (Lipinski definition) is 1. The summed E-state index contributed by atoms with van der Waals surface area (Å²) in [6.45, 7) is 6.57. The molecule has 0 radical (unpaired) electrons. The number of para-hydroxylation sites is 1. The molecule has 0 aromatic heterocycles. The Balaban J connectivity index is 1.58. The minimum atomic E-state index is -0.125. The maximum atomic E-state index is 11.4. The van der Waals surface area contributed by atoms with Gasteiger partial charge in [0.25, 0.3) is 0 Å². The van der Waals surface area contributed by atoms with E-state index < -0.39 is 0 Å². The number of benzene rings is 2. The maximum absolute atomic E-state index is 11.4. The van der Waals surface area contributed by atoms with Gasteiger partial charge in [-0.1, -0.05) is 30.3 Å². The summed E-state index contributed by atoms with van der Waals surface area (Å²) >= 11 is 0. The Morgan fingerprint density at radius 1 is 1.12 bits per heavy atom. The lowest BCUT2D eigenvalue weighted by Crippen LogP contribution is -2.56. The molecule has 1 amide bonds. The molecule has 1 N–H and O–H groups in total. The number of nitrogens with zero attached hydrogens (tertiary/aromatic N) is 1. The number of piperidine rings is 1. The highest BCUT2D eigenvalue weighted by Gasteiger charge is 2.31. The van der Waals surface area contributed by atoms with Crippen molar-refractivity contribution in [3.63, 3.8) is 0 Å². The molecule has 0 aliphatic carbocycles. The van der Waals surface area contributed by atoms with Crippen LogP contribution < -0.4 is 10.1 Å². The second-order valence-corrected chi connectivity index (χ2v) is 7.12. The third-order valence-corrected chi connectivity index (χ3v) is 4.56. The molecule has 4 heteroatoms. The van der Waals surface area contributed by atoms with Gasteiger partial charge in [-0.05, 0) is 56.1 Å². The number of carbonyl (C=O) groups is 1. The summed E-state index contributed by atoms with van der Waals surface area (Å²) in [5.74, 6) is 1.74. The minimum Gasteiger partial charge on any atom is -0.457 e. The number of carbonyl (C=O) groups excluding carboxylic acids is 1. The number of hydrogen-bond acceptors (Lipinski definition) is 3. The van der Waals surface area contributed by atoms with E-state index >= 15 is 0 Å². The molecule has 1 atom stereocenters. The molecule has 1 saturated heterocycles. The van der Waals surface area contributed by atoms with Gasteiger partial charge in [0.2, 0.25) is 5.91 Å². The Bertz CT molecular complexity index is 700. The fourth-order valence-electron chi connectivity index (χ4n) is 3.55. The van der Waals surface area contributed by atoms with Crippen molar-refractivity contribution in [1.82, 2.24) is 10.2 Å². The number of likely N-dealkylation sites (tertiary alicyclic amines) is 1. The first-order chi connectivity index (χ1) is 12.0. The molecule has 0 saturated carbocycles. The molecule has 1 aliphatic heterocycles. The Morgan fingerprint density at radius 3 is 2.48 bits per heavy atom. The third kappa shape index (κ3) is 5.07. The molecular weight excluding hydrogens is 312 g/mol. The third-order valence-electron chi connectivity index (χ3n) is 4.56. The molecule has 4 nitrogen and oxygen atoms in total. The largest absolute Gasteiger partial charge is 0.457 e. The summed E-state index contributed by atoms with van der Waals surface area (Å²) in [4.78, 5) is 13.8. The number of amides is 1. The molecule has 1 aliphatic rings. The van der Waals surface area contributed by atoms with Gasteiger partial charge < -0.3 is 10.1 Å². The lowest BCUT2D eigenvalue weighted by atomic mass is 9.90. The van der Waals surface area contributed by atoms with E-state index in [4.69, 9.17) is 4.74 Å². The van der Waals surface area contributed by atoms with Crippen molar-refractivity contribution >= 4 is 5.91 Å². The quantitative estimate of drug-likeness (QED) is 0.897. The molecule has 1 fully saturated rings. The molecule has 3 rings (SSSR count). The molecule has 25 heavy (non-hydrogen) atoms. The predicted molar refractivity (Wildman–Crippen MR) is 99.7 cm³/mol. The zero-order chi connectivity index (χ0) is 17.7. The molecule has 1 unspecified atom stereocenters. The van der Waals surface area contributed by atoms with Crippen LogP contribution in [-0.4, -0.2) is 29.4 Å². The summed E-state index contributed by atoms with van der Waals surface area (Å²) in [5, 5.41) is 3.11. The second-order valence-electron chi connectivity index (χ2n) is 7.12. The smallest absolute Gasteiger partial charge is 0.217 e. The van der Waals surface area contributed by atoms with Gasteiger partial charge in [-0.25, -0.2) is 0 Å². The van der Waals surface area contributed by atoms with Crippen molar-refractivity contribution in [2.45, 2.75) is 38.8 Å². The van der Waals surface area contributed by atoms with Crippen LogP contribution >= 0.6 is 0 Å². The normalized spacial score (nSPS) is 20.9. The van der Waals surface area contributed by atoms with Crippen molar-refractivity contribution in [3.8, 4) is 11.5 Å². The number of ether oxygens (including phenoxy) is 1. The molecule has 132 valence electrons. The zero-order valence-corrected chi connectivity index (χ0v) is 15.0. The van der Waals surface area contributed by atoms with Gasteiger partial charge in [0.15, 0.2) is 0 Å². The number of nitrogens with one attached hydrogen (secondary N) is 1. The second kappa shape index (κ2) is 7.70. The van der Waals surface area contributed by atoms with Crippen LogP contribution in [0.3, 0.4) is 0 Å². The van der Waals surface area contributed by atoms with Crippen LogP contribution in [0.25, 0.3) is 0 Å². The van der Waals surface area contributed by atoms with Gasteiger partial charge in [0, 0.05) is 25.6 Å². The first-order valence-corrected chi connectivity index (χ1v) is 8.85. The van der Waals surface area contributed by atoms with Crippen LogP contribution in [-0.2, 0) is 11.3 Å². The van der Waals surface area contributed by atoms with E-state index in [2.05, 4.69) is 29.3 Å². The van der Waals surface area contributed by atoms with Crippen molar-refractivity contribution in [1.29, 1.82) is 0 Å². The SMILES string of the molecule is CC(=O)NC1(C)CCCN(Cc2ccc(Oc3ccccc3)cc2)C1. The van der Waals surface area contributed by atoms with Crippen LogP contribution in [0.1, 0.15) is 32.3 Å². The average Bonchev–Trinajstić information content (AvgIpc) is 2.56. The van der Waals surface area contributed by atoms with Gasteiger partial charge in [-0.15, -0.1) is 0 Å². The molecule has 0 spiro atoms. The lowest BCUT2D eigenvalue weighted by molar-refractivity contribution is -0.121. The van der Waals surface area contributed by atoms with Crippen LogP contribution in [0.5, 0.6) is 11.5 Å². The van der Waals surface area contributed by atoms with E-state index in [0.717, 1.165) is 44.0 Å². The van der Waals surface area contributed by atoms with Crippen LogP contribution in [0.15, 0.2) is 54.6 Å². The number of rotatable bonds is 5. The van der Waals surface area contributed by atoms with Crippen molar-refractivity contribution < 1.29 is 9.53 Å². The highest BCUT2D eigenvalue weighted by molar-refractivity contribution is 5.73. The summed E-state index contributed by atoms with van der Waals surface area (Å²) in [6.07, 6.45) is 2.14. The molecule has 2 aromatic rings. The Morgan fingerprint density at radius 2 is 1.80 bits per heavy atom. The Kier molecular flexibility index (Phi) is 5.39. The van der Waals surface area contributed by atoms with E-state index in [-0.39, 0.29) is 11.4 Å². The van der Waals surface area contributed by atoms with Crippen molar-refractivity contribution in [3.05, 3.63) is 60.2 Å².